The van der Waals surface area contributed by atoms with Gasteiger partial charge in [0.05, 0.1) is 0 Å². The van der Waals surface area contributed by atoms with Crippen molar-refractivity contribution < 1.29 is 0 Å². The van der Waals surface area contributed by atoms with Gasteiger partial charge in [-0.25, -0.2) is 0 Å². The van der Waals surface area contributed by atoms with Crippen LogP contribution < -0.4 is 0 Å². The van der Waals surface area contributed by atoms with E-state index in [0.29, 0.717) is 0 Å². The van der Waals surface area contributed by atoms with Crippen LogP contribution in [-0.2, 0) is 0 Å². The molecule has 2 radical (unpaired) electrons. The number of nitrogens with zero attached hydrogens (tertiary/aromatic N) is 2. The number of rotatable bonds is 2. The van der Waals surface area contributed by atoms with Crippen LogP contribution in [0.5, 0.6) is 0 Å². The van der Waals surface area contributed by atoms with E-state index >= 15 is 0 Å². The first-order valence-corrected chi connectivity index (χ1v) is 2.85. The van der Waals surface area contributed by atoms with Crippen LogP contribution in [0, 0.1) is 0 Å². The molecule has 0 unspecified atom stereocenters. The Balaban J connectivity index is 3.84. The minimum Gasteiger partial charge on any atom is -0.389 e. The fraction of sp³-hybridized carbons (Fsp3) is 0.667. The van der Waals surface area contributed by atoms with Crippen LogP contribution in [0.3, 0.4) is 0 Å². The smallest absolute Gasteiger partial charge is 0.140 e. The average Bonchev–Trinajstić information content (AvgIpc) is 1.63. The van der Waals surface area contributed by atoms with Gasteiger partial charge in [-0.15, -0.1) is 0 Å². The zero-order valence-corrected chi connectivity index (χ0v) is 6.55. The van der Waals surface area contributed by atoms with Crippen LogP contribution in [0.4, 0.5) is 0 Å². The highest BCUT2D eigenvalue weighted by Crippen LogP contribution is 1.91. The average molecular weight is 124 g/mol. The van der Waals surface area contributed by atoms with E-state index in [-0.39, 0.29) is 0 Å². The highest BCUT2D eigenvalue weighted by atomic mass is 15.1. The Morgan fingerprint density at radius 1 is 1.22 bits per heavy atom. The summed E-state index contributed by atoms with van der Waals surface area (Å²) in [7, 11) is 13.3. The first-order valence-electron chi connectivity index (χ1n) is 2.85. The predicted octanol–water partition coefficient (Wildman–Crippen LogP) is 0.0770. The molecular formula is C6H13BN2. The van der Waals surface area contributed by atoms with Gasteiger partial charge in [0.15, 0.2) is 0 Å². The molecule has 0 aliphatic rings. The third-order valence-electron chi connectivity index (χ3n) is 0.907. The van der Waals surface area contributed by atoms with Gasteiger partial charge < -0.3 is 9.80 Å². The van der Waals surface area contributed by atoms with Crippen molar-refractivity contribution in [3.05, 3.63) is 11.8 Å². The topological polar surface area (TPSA) is 6.48 Å². The van der Waals surface area contributed by atoms with Gasteiger partial charge in [-0.1, -0.05) is 0 Å². The summed E-state index contributed by atoms with van der Waals surface area (Å²) in [6.07, 6.45) is 1.86. The lowest BCUT2D eigenvalue weighted by molar-refractivity contribution is 0.499. The molecule has 0 aliphatic carbocycles. The van der Waals surface area contributed by atoms with Crippen molar-refractivity contribution in [2.24, 2.45) is 0 Å². The Hall–Kier alpha value is -0.595. The van der Waals surface area contributed by atoms with E-state index in [1.807, 2.05) is 44.2 Å². The van der Waals surface area contributed by atoms with Crippen molar-refractivity contribution in [2.45, 2.75) is 0 Å². The predicted molar refractivity (Wildman–Crippen MR) is 41.2 cm³/mol. The van der Waals surface area contributed by atoms with E-state index in [1.54, 1.807) is 0 Å². The molecule has 0 N–H and O–H groups in total. The van der Waals surface area contributed by atoms with Crippen molar-refractivity contribution >= 4 is 7.85 Å². The molecule has 0 aromatic heterocycles. The molecule has 0 rings (SSSR count). The molecule has 0 heterocycles. The van der Waals surface area contributed by atoms with Crippen LogP contribution >= 0.6 is 0 Å². The van der Waals surface area contributed by atoms with Gasteiger partial charge in [0.2, 0.25) is 0 Å². The van der Waals surface area contributed by atoms with Crippen molar-refractivity contribution in [3.63, 3.8) is 0 Å². The SMILES string of the molecule is [B]/C(=C\N(C)C)N(C)C. The Morgan fingerprint density at radius 2 is 1.67 bits per heavy atom. The van der Waals surface area contributed by atoms with Gasteiger partial charge in [-0.3, -0.25) is 0 Å². The van der Waals surface area contributed by atoms with Gasteiger partial charge in [0.25, 0.3) is 0 Å². The summed E-state index contributed by atoms with van der Waals surface area (Å²) in [5.74, 6) is 0. The van der Waals surface area contributed by atoms with Crippen LogP contribution in [0.1, 0.15) is 0 Å². The number of hydrogen-bond acceptors (Lipinski definition) is 2. The standard InChI is InChI=1S/C6H13BN2/c1-8(2)5-6(7)9(3)4/h5H,1-4H3/b6-5+. The Morgan fingerprint density at radius 3 is 1.78 bits per heavy atom. The Labute approximate surface area is 58.5 Å². The second-order valence-corrected chi connectivity index (χ2v) is 2.41. The molecule has 0 atom stereocenters. The molecule has 0 bridgehead atoms. The van der Waals surface area contributed by atoms with Crippen molar-refractivity contribution in [2.75, 3.05) is 28.2 Å². The normalized spacial score (nSPS) is 11.3. The van der Waals surface area contributed by atoms with Crippen molar-refractivity contribution in [1.29, 1.82) is 0 Å². The molecule has 0 amide bonds. The van der Waals surface area contributed by atoms with E-state index in [9.17, 15) is 0 Å². The molecule has 0 aromatic rings. The zero-order valence-electron chi connectivity index (χ0n) is 6.55. The van der Waals surface area contributed by atoms with Gasteiger partial charge in [0.1, 0.15) is 7.85 Å². The largest absolute Gasteiger partial charge is 0.389 e. The van der Waals surface area contributed by atoms with E-state index in [1.165, 1.54) is 0 Å². The third-order valence-corrected chi connectivity index (χ3v) is 0.907. The lowest BCUT2D eigenvalue weighted by atomic mass is 10.1. The monoisotopic (exact) mass is 124 g/mol. The maximum Gasteiger partial charge on any atom is 0.140 e. The first-order chi connectivity index (χ1) is 4.04. The van der Waals surface area contributed by atoms with E-state index in [4.69, 9.17) is 7.85 Å². The first kappa shape index (κ1) is 8.40. The highest BCUT2D eigenvalue weighted by Gasteiger charge is 1.88. The molecule has 0 spiro atoms. The van der Waals surface area contributed by atoms with Crippen LogP contribution in [-0.4, -0.2) is 45.8 Å². The van der Waals surface area contributed by atoms with Crippen molar-refractivity contribution in [3.8, 4) is 0 Å². The minimum atomic E-state index is 0.764. The molecule has 0 saturated carbocycles. The van der Waals surface area contributed by atoms with E-state index in [0.717, 1.165) is 5.60 Å². The summed E-state index contributed by atoms with van der Waals surface area (Å²) in [6, 6.07) is 0. The summed E-state index contributed by atoms with van der Waals surface area (Å²) >= 11 is 0. The van der Waals surface area contributed by atoms with Crippen LogP contribution in [0.2, 0.25) is 0 Å². The summed E-state index contributed by atoms with van der Waals surface area (Å²) < 4.78 is 0. The fourth-order valence-electron chi connectivity index (χ4n) is 0.380. The second kappa shape index (κ2) is 3.43. The maximum absolute atomic E-state index is 5.56. The summed E-state index contributed by atoms with van der Waals surface area (Å²) in [5.41, 5.74) is 0.764. The lowest BCUT2D eigenvalue weighted by Crippen LogP contribution is -2.14. The number of hydrogen-bond donors (Lipinski definition) is 0. The second-order valence-electron chi connectivity index (χ2n) is 2.41. The van der Waals surface area contributed by atoms with Gasteiger partial charge in [-0.05, 0) is 5.60 Å². The molecular weight excluding hydrogens is 111 g/mol. The maximum atomic E-state index is 5.56. The Kier molecular flexibility index (Phi) is 3.21. The molecule has 3 heteroatoms. The highest BCUT2D eigenvalue weighted by molar-refractivity contribution is 6.20. The molecule has 0 aliphatic heterocycles. The molecule has 50 valence electrons. The van der Waals surface area contributed by atoms with E-state index in [2.05, 4.69) is 0 Å². The summed E-state index contributed by atoms with van der Waals surface area (Å²) in [5, 5.41) is 0. The quantitative estimate of drug-likeness (QED) is 0.481. The van der Waals surface area contributed by atoms with Crippen LogP contribution in [0.25, 0.3) is 0 Å². The minimum absolute atomic E-state index is 0.764. The van der Waals surface area contributed by atoms with Gasteiger partial charge in [-0.2, -0.15) is 0 Å². The molecule has 0 aromatic carbocycles. The lowest BCUT2D eigenvalue weighted by Gasteiger charge is -2.16. The molecule has 9 heavy (non-hydrogen) atoms. The zero-order chi connectivity index (χ0) is 7.44. The van der Waals surface area contributed by atoms with E-state index < -0.39 is 0 Å². The van der Waals surface area contributed by atoms with Gasteiger partial charge in [0, 0.05) is 34.4 Å². The molecule has 0 saturated heterocycles. The molecule has 2 nitrogen and oxygen atoms in total. The van der Waals surface area contributed by atoms with Crippen molar-refractivity contribution in [1.82, 2.24) is 9.80 Å². The summed E-state index contributed by atoms with van der Waals surface area (Å²) in [4.78, 5) is 3.77. The van der Waals surface area contributed by atoms with Gasteiger partial charge >= 0.3 is 0 Å². The fourth-order valence-corrected chi connectivity index (χ4v) is 0.380. The summed E-state index contributed by atoms with van der Waals surface area (Å²) in [6.45, 7) is 0. The Bertz CT molecular complexity index is 108. The third kappa shape index (κ3) is 3.95. The van der Waals surface area contributed by atoms with Crippen LogP contribution in [0.15, 0.2) is 11.8 Å². The molecule has 0 fully saturated rings.